The second kappa shape index (κ2) is 4.93. The first-order valence-electron chi connectivity index (χ1n) is 5.55. The molecule has 2 heterocycles. The van der Waals surface area contributed by atoms with Gasteiger partial charge in [-0.1, -0.05) is 11.6 Å². The van der Waals surface area contributed by atoms with Crippen LogP contribution in [-0.4, -0.2) is 48.6 Å². The van der Waals surface area contributed by atoms with Crippen molar-refractivity contribution in [2.45, 2.75) is 18.6 Å². The molecule has 0 aromatic carbocycles. The molecule has 1 saturated heterocycles. The van der Waals surface area contributed by atoms with Gasteiger partial charge in [0.15, 0.2) is 0 Å². The Bertz CT molecular complexity index is 507. The van der Waals surface area contributed by atoms with Gasteiger partial charge in [0.25, 0.3) is 5.91 Å². The van der Waals surface area contributed by atoms with Gasteiger partial charge in [0.1, 0.15) is 12.0 Å². The van der Waals surface area contributed by atoms with Crippen molar-refractivity contribution in [1.82, 2.24) is 14.9 Å². The van der Waals surface area contributed by atoms with Crippen molar-refractivity contribution >= 4 is 28.3 Å². The summed E-state index contributed by atoms with van der Waals surface area (Å²) in [6, 6.07) is 0. The zero-order valence-corrected chi connectivity index (χ0v) is 11.8. The third-order valence-electron chi connectivity index (χ3n) is 2.89. The van der Waals surface area contributed by atoms with Crippen molar-refractivity contribution < 1.29 is 9.00 Å². The lowest BCUT2D eigenvalue weighted by Gasteiger charge is -2.37. The zero-order valence-electron chi connectivity index (χ0n) is 10.2. The van der Waals surface area contributed by atoms with Crippen LogP contribution in [0.3, 0.4) is 0 Å². The molecule has 18 heavy (non-hydrogen) atoms. The Labute approximate surface area is 113 Å². The summed E-state index contributed by atoms with van der Waals surface area (Å²) < 4.78 is 11.4. The summed E-state index contributed by atoms with van der Waals surface area (Å²) in [6.07, 6.45) is 2.70. The van der Waals surface area contributed by atoms with Gasteiger partial charge in [-0.05, 0) is 13.8 Å². The van der Waals surface area contributed by atoms with Crippen LogP contribution in [0, 0.1) is 0 Å². The lowest BCUT2D eigenvalue weighted by atomic mass is 10.1. The van der Waals surface area contributed by atoms with Crippen molar-refractivity contribution in [1.29, 1.82) is 0 Å². The van der Waals surface area contributed by atoms with Gasteiger partial charge in [0, 0.05) is 35.8 Å². The Morgan fingerprint density at radius 3 is 2.89 bits per heavy atom. The van der Waals surface area contributed by atoms with E-state index in [1.165, 1.54) is 12.5 Å². The summed E-state index contributed by atoms with van der Waals surface area (Å²) in [5, 5.41) is 0.243. The summed E-state index contributed by atoms with van der Waals surface area (Å²) in [7, 11) is -0.909. The maximum Gasteiger partial charge on any atom is 0.274 e. The Hall–Kier alpha value is -1.01. The van der Waals surface area contributed by atoms with E-state index in [0.29, 0.717) is 18.8 Å². The molecule has 0 radical (unpaired) electrons. The van der Waals surface area contributed by atoms with E-state index >= 15 is 0 Å². The summed E-state index contributed by atoms with van der Waals surface area (Å²) in [5.41, 5.74) is 0.204. The average molecular weight is 288 g/mol. The Morgan fingerprint density at radius 2 is 2.28 bits per heavy atom. The van der Waals surface area contributed by atoms with E-state index in [1.807, 2.05) is 13.8 Å². The largest absolute Gasteiger partial charge is 0.335 e. The van der Waals surface area contributed by atoms with Crippen LogP contribution in [-0.2, 0) is 10.8 Å². The number of amides is 1. The number of hydrogen-bond acceptors (Lipinski definition) is 4. The molecule has 7 heteroatoms. The molecule has 5 nitrogen and oxygen atoms in total. The fourth-order valence-corrected chi connectivity index (χ4v) is 3.30. The number of halogens is 1. The van der Waals surface area contributed by atoms with E-state index in [2.05, 4.69) is 9.97 Å². The molecular formula is C11H14ClN3O2S. The standard InChI is InChI=1S/C11H14ClN3O2S/c1-11(2)6-15(3-4-18(11)17)10(16)9-8(12)5-13-7-14-9/h5,7H,3-4,6H2,1-2H3. The summed E-state index contributed by atoms with van der Waals surface area (Å²) in [4.78, 5) is 21.6. The zero-order chi connectivity index (χ0) is 13.3. The maximum absolute atomic E-state index is 12.3. The first-order valence-corrected chi connectivity index (χ1v) is 7.25. The molecule has 0 saturated carbocycles. The molecule has 0 bridgehead atoms. The topological polar surface area (TPSA) is 63.2 Å². The van der Waals surface area contributed by atoms with Gasteiger partial charge < -0.3 is 4.90 Å². The van der Waals surface area contributed by atoms with Crippen LogP contribution in [0.5, 0.6) is 0 Å². The highest BCUT2D eigenvalue weighted by Crippen LogP contribution is 2.22. The molecule has 2 rings (SSSR count). The van der Waals surface area contributed by atoms with E-state index in [0.717, 1.165) is 0 Å². The van der Waals surface area contributed by atoms with Crippen LogP contribution >= 0.6 is 11.6 Å². The average Bonchev–Trinajstić information content (AvgIpc) is 2.32. The molecule has 1 aliphatic heterocycles. The van der Waals surface area contributed by atoms with Crippen LogP contribution in [0.25, 0.3) is 0 Å². The molecule has 1 aromatic heterocycles. The third kappa shape index (κ3) is 2.54. The highest BCUT2D eigenvalue weighted by Gasteiger charge is 2.36. The van der Waals surface area contributed by atoms with Gasteiger partial charge in [0.2, 0.25) is 0 Å². The summed E-state index contributed by atoms with van der Waals surface area (Å²) in [5.74, 6) is 0.258. The number of aromatic nitrogens is 2. The maximum atomic E-state index is 12.3. The Kier molecular flexibility index (Phi) is 3.68. The fourth-order valence-electron chi connectivity index (χ4n) is 1.87. The second-order valence-corrected chi connectivity index (χ2v) is 7.37. The number of hydrogen-bond donors (Lipinski definition) is 0. The van der Waals surface area contributed by atoms with Gasteiger partial charge >= 0.3 is 0 Å². The van der Waals surface area contributed by atoms with Gasteiger partial charge in [0.05, 0.1) is 9.77 Å². The van der Waals surface area contributed by atoms with E-state index in [4.69, 9.17) is 11.6 Å². The van der Waals surface area contributed by atoms with Crippen molar-refractivity contribution in [3.63, 3.8) is 0 Å². The quantitative estimate of drug-likeness (QED) is 0.776. The van der Waals surface area contributed by atoms with Crippen LogP contribution in [0.15, 0.2) is 12.5 Å². The van der Waals surface area contributed by atoms with E-state index < -0.39 is 15.5 Å². The number of rotatable bonds is 1. The van der Waals surface area contributed by atoms with E-state index in [9.17, 15) is 9.00 Å². The van der Waals surface area contributed by atoms with E-state index in [-0.39, 0.29) is 16.6 Å². The fraction of sp³-hybridized carbons (Fsp3) is 0.545. The van der Waals surface area contributed by atoms with Crippen molar-refractivity contribution in [2.75, 3.05) is 18.8 Å². The minimum absolute atomic E-state index is 0.204. The van der Waals surface area contributed by atoms with Gasteiger partial charge in [-0.3, -0.25) is 9.00 Å². The lowest BCUT2D eigenvalue weighted by molar-refractivity contribution is 0.0740. The molecule has 98 valence electrons. The molecule has 1 aromatic rings. The molecule has 0 aliphatic carbocycles. The van der Waals surface area contributed by atoms with Crippen LogP contribution in [0.2, 0.25) is 5.02 Å². The van der Waals surface area contributed by atoms with Crippen molar-refractivity contribution in [3.05, 3.63) is 23.2 Å². The predicted molar refractivity (Wildman–Crippen MR) is 70.0 cm³/mol. The second-order valence-electron chi connectivity index (χ2n) is 4.76. The Morgan fingerprint density at radius 1 is 1.56 bits per heavy atom. The predicted octanol–water partition coefficient (Wildman–Crippen LogP) is 1.11. The molecule has 0 N–H and O–H groups in total. The first kappa shape index (κ1) is 13.4. The number of carbonyl (C=O) groups is 1. The van der Waals surface area contributed by atoms with Crippen molar-refractivity contribution in [3.8, 4) is 0 Å². The number of nitrogens with zero attached hydrogens (tertiary/aromatic N) is 3. The summed E-state index contributed by atoms with van der Waals surface area (Å²) >= 11 is 5.91. The minimum atomic E-state index is -0.909. The first-order chi connectivity index (χ1) is 8.42. The summed E-state index contributed by atoms with van der Waals surface area (Å²) in [6.45, 7) is 4.70. The van der Waals surface area contributed by atoms with Crippen molar-refractivity contribution in [2.24, 2.45) is 0 Å². The molecule has 1 fully saturated rings. The molecule has 1 atom stereocenters. The van der Waals surface area contributed by atoms with Gasteiger partial charge in [-0.2, -0.15) is 0 Å². The molecule has 1 amide bonds. The molecule has 1 unspecified atom stereocenters. The van der Waals surface area contributed by atoms with E-state index in [1.54, 1.807) is 4.90 Å². The highest BCUT2D eigenvalue weighted by atomic mass is 35.5. The smallest absolute Gasteiger partial charge is 0.274 e. The Balaban J connectivity index is 2.21. The number of carbonyl (C=O) groups excluding carboxylic acids is 1. The monoisotopic (exact) mass is 287 g/mol. The van der Waals surface area contributed by atoms with Gasteiger partial charge in [-0.25, -0.2) is 9.97 Å². The molecular weight excluding hydrogens is 274 g/mol. The highest BCUT2D eigenvalue weighted by molar-refractivity contribution is 7.86. The lowest BCUT2D eigenvalue weighted by Crippen LogP contribution is -2.52. The molecule has 1 aliphatic rings. The SMILES string of the molecule is CC1(C)CN(C(=O)c2ncncc2Cl)CCS1=O. The normalized spacial score (nSPS) is 22.8. The minimum Gasteiger partial charge on any atom is -0.335 e. The molecule has 0 spiro atoms. The third-order valence-corrected chi connectivity index (χ3v) is 5.08. The van der Waals surface area contributed by atoms with Crippen LogP contribution < -0.4 is 0 Å². The van der Waals surface area contributed by atoms with Crippen LogP contribution in [0.1, 0.15) is 24.3 Å². The van der Waals surface area contributed by atoms with Crippen LogP contribution in [0.4, 0.5) is 0 Å². The van der Waals surface area contributed by atoms with Gasteiger partial charge in [-0.15, -0.1) is 0 Å².